The molecular formula is C16H14O3. The van der Waals surface area contributed by atoms with E-state index >= 15 is 0 Å². The molecule has 0 atom stereocenters. The molecule has 0 saturated heterocycles. The lowest BCUT2D eigenvalue weighted by molar-refractivity contribution is 0.0693. The Hall–Kier alpha value is -2.55. The lowest BCUT2D eigenvalue weighted by Crippen LogP contribution is -1.99. The summed E-state index contributed by atoms with van der Waals surface area (Å²) < 4.78 is 0. The molecule has 0 bridgehead atoms. The second-order valence-electron chi connectivity index (χ2n) is 4.09. The Morgan fingerprint density at radius 1 is 1.11 bits per heavy atom. The van der Waals surface area contributed by atoms with Crippen LogP contribution in [0.5, 0.6) is 5.75 Å². The maximum Gasteiger partial charge on any atom is 0.339 e. The van der Waals surface area contributed by atoms with Crippen molar-refractivity contribution in [3.05, 3.63) is 59.7 Å². The van der Waals surface area contributed by atoms with Gasteiger partial charge in [-0.2, -0.15) is 0 Å². The first-order chi connectivity index (χ1) is 9.15. The van der Waals surface area contributed by atoms with E-state index in [4.69, 9.17) is 5.11 Å². The average Bonchev–Trinajstić information content (AvgIpc) is 2.41. The normalized spacial score (nSPS) is 10.8. The molecule has 0 fully saturated rings. The number of hydrogen-bond donors (Lipinski definition) is 2. The highest BCUT2D eigenvalue weighted by Crippen LogP contribution is 2.34. The van der Waals surface area contributed by atoms with Crippen molar-refractivity contribution in [2.45, 2.75) is 6.92 Å². The molecule has 2 N–H and O–H groups in total. The topological polar surface area (TPSA) is 57.5 Å². The molecule has 0 amide bonds. The van der Waals surface area contributed by atoms with Gasteiger partial charge in [0.05, 0.1) is 0 Å². The lowest BCUT2D eigenvalue weighted by Gasteiger charge is -2.10. The SMILES string of the molecule is CC=Cc1c(-c2ccccc2)ccc(C(=O)O)c1O. The van der Waals surface area contributed by atoms with Crippen LogP contribution in [-0.2, 0) is 0 Å². The van der Waals surface area contributed by atoms with Crippen LogP contribution in [-0.4, -0.2) is 16.2 Å². The summed E-state index contributed by atoms with van der Waals surface area (Å²) in [5.74, 6) is -1.34. The van der Waals surface area contributed by atoms with Gasteiger partial charge in [0, 0.05) is 5.56 Å². The van der Waals surface area contributed by atoms with E-state index < -0.39 is 5.97 Å². The summed E-state index contributed by atoms with van der Waals surface area (Å²) in [4.78, 5) is 11.0. The third-order valence-electron chi connectivity index (χ3n) is 2.87. The van der Waals surface area contributed by atoms with Gasteiger partial charge in [-0.05, 0) is 24.1 Å². The molecule has 2 rings (SSSR count). The molecule has 0 unspecified atom stereocenters. The van der Waals surface area contributed by atoms with E-state index in [1.165, 1.54) is 6.07 Å². The van der Waals surface area contributed by atoms with Crippen molar-refractivity contribution in [3.8, 4) is 16.9 Å². The zero-order valence-corrected chi connectivity index (χ0v) is 10.5. The van der Waals surface area contributed by atoms with Crippen molar-refractivity contribution in [2.75, 3.05) is 0 Å². The van der Waals surface area contributed by atoms with Crippen LogP contribution in [0.3, 0.4) is 0 Å². The van der Waals surface area contributed by atoms with Gasteiger partial charge < -0.3 is 10.2 Å². The smallest absolute Gasteiger partial charge is 0.339 e. The molecule has 0 spiro atoms. The van der Waals surface area contributed by atoms with Crippen LogP contribution >= 0.6 is 0 Å². The fraction of sp³-hybridized carbons (Fsp3) is 0.0625. The zero-order valence-electron chi connectivity index (χ0n) is 10.5. The number of phenols is 1. The zero-order chi connectivity index (χ0) is 13.8. The van der Waals surface area contributed by atoms with E-state index in [-0.39, 0.29) is 11.3 Å². The minimum atomic E-state index is -1.14. The highest BCUT2D eigenvalue weighted by Gasteiger charge is 2.15. The van der Waals surface area contributed by atoms with Gasteiger partial charge in [0.15, 0.2) is 0 Å². The summed E-state index contributed by atoms with van der Waals surface area (Å²) >= 11 is 0. The fourth-order valence-corrected chi connectivity index (χ4v) is 1.99. The molecule has 0 aliphatic heterocycles. The van der Waals surface area contributed by atoms with Crippen molar-refractivity contribution >= 4 is 12.0 Å². The standard InChI is InChI=1S/C16H14O3/c1-2-6-13-12(11-7-4-3-5-8-11)9-10-14(15(13)17)16(18)19/h2-10,17H,1H3,(H,18,19). The van der Waals surface area contributed by atoms with Crippen molar-refractivity contribution in [2.24, 2.45) is 0 Å². The quantitative estimate of drug-likeness (QED) is 0.876. The van der Waals surface area contributed by atoms with Gasteiger partial charge in [0.1, 0.15) is 11.3 Å². The first kappa shape index (κ1) is 12.9. The molecule has 3 nitrogen and oxygen atoms in total. The van der Waals surface area contributed by atoms with Gasteiger partial charge in [-0.25, -0.2) is 4.79 Å². The Morgan fingerprint density at radius 3 is 2.37 bits per heavy atom. The first-order valence-corrected chi connectivity index (χ1v) is 5.92. The van der Waals surface area contributed by atoms with Crippen molar-refractivity contribution in [3.63, 3.8) is 0 Å². The molecular weight excluding hydrogens is 240 g/mol. The van der Waals surface area contributed by atoms with Gasteiger partial charge in [0.25, 0.3) is 0 Å². The summed E-state index contributed by atoms with van der Waals surface area (Å²) in [5.41, 5.74) is 2.17. The molecule has 0 heterocycles. The molecule has 0 aliphatic carbocycles. The van der Waals surface area contributed by atoms with Crippen LogP contribution in [0.25, 0.3) is 17.2 Å². The van der Waals surface area contributed by atoms with Gasteiger partial charge in [-0.15, -0.1) is 0 Å². The summed E-state index contributed by atoms with van der Waals surface area (Å²) in [7, 11) is 0. The summed E-state index contributed by atoms with van der Waals surface area (Å²) in [6, 6.07) is 12.7. The van der Waals surface area contributed by atoms with E-state index in [1.807, 2.05) is 37.3 Å². The lowest BCUT2D eigenvalue weighted by atomic mass is 9.96. The fourth-order valence-electron chi connectivity index (χ4n) is 1.99. The highest BCUT2D eigenvalue weighted by atomic mass is 16.4. The molecule has 3 heteroatoms. The second-order valence-corrected chi connectivity index (χ2v) is 4.09. The monoisotopic (exact) mass is 254 g/mol. The Balaban J connectivity index is 2.69. The number of carboxylic acid groups (broad SMARTS) is 1. The molecule has 19 heavy (non-hydrogen) atoms. The second kappa shape index (κ2) is 5.40. The van der Waals surface area contributed by atoms with Gasteiger partial charge >= 0.3 is 5.97 Å². The van der Waals surface area contributed by atoms with Crippen molar-refractivity contribution in [1.82, 2.24) is 0 Å². The third kappa shape index (κ3) is 2.50. The van der Waals surface area contributed by atoms with Crippen LogP contribution in [0.15, 0.2) is 48.5 Å². The molecule has 0 aromatic heterocycles. The predicted molar refractivity (Wildman–Crippen MR) is 75.2 cm³/mol. The summed E-state index contributed by atoms with van der Waals surface area (Å²) in [6.45, 7) is 1.82. The van der Waals surface area contributed by atoms with Crippen molar-refractivity contribution in [1.29, 1.82) is 0 Å². The molecule has 96 valence electrons. The van der Waals surface area contributed by atoms with Gasteiger partial charge in [-0.1, -0.05) is 48.6 Å². The molecule has 0 aliphatic rings. The third-order valence-corrected chi connectivity index (χ3v) is 2.87. The minimum absolute atomic E-state index is 0.0900. The Kier molecular flexibility index (Phi) is 3.66. The Bertz CT molecular complexity index is 628. The van der Waals surface area contributed by atoms with E-state index in [1.54, 1.807) is 18.2 Å². The van der Waals surface area contributed by atoms with Gasteiger partial charge in [-0.3, -0.25) is 0 Å². The van der Waals surface area contributed by atoms with Crippen LogP contribution in [0, 0.1) is 0 Å². The largest absolute Gasteiger partial charge is 0.506 e. The highest BCUT2D eigenvalue weighted by molar-refractivity contribution is 5.95. The number of rotatable bonds is 3. The van der Waals surface area contributed by atoms with Crippen LogP contribution < -0.4 is 0 Å². The number of hydrogen-bond acceptors (Lipinski definition) is 2. The van der Waals surface area contributed by atoms with Crippen molar-refractivity contribution < 1.29 is 15.0 Å². The van der Waals surface area contributed by atoms with Crippen LogP contribution in [0.1, 0.15) is 22.8 Å². The average molecular weight is 254 g/mol. The number of benzene rings is 2. The van der Waals surface area contributed by atoms with Crippen LogP contribution in [0.4, 0.5) is 0 Å². The van der Waals surface area contributed by atoms with Gasteiger partial charge in [0.2, 0.25) is 0 Å². The van der Waals surface area contributed by atoms with E-state index in [0.717, 1.165) is 11.1 Å². The van der Waals surface area contributed by atoms with E-state index in [2.05, 4.69) is 0 Å². The van der Waals surface area contributed by atoms with Crippen LogP contribution in [0.2, 0.25) is 0 Å². The molecule has 2 aromatic carbocycles. The number of carboxylic acids is 1. The Morgan fingerprint density at radius 2 is 1.79 bits per heavy atom. The summed E-state index contributed by atoms with van der Waals surface area (Å²) in [6.07, 6.45) is 3.48. The maximum atomic E-state index is 11.0. The predicted octanol–water partition coefficient (Wildman–Crippen LogP) is 3.79. The maximum absolute atomic E-state index is 11.0. The molecule has 2 aromatic rings. The number of carbonyl (C=O) groups is 1. The van der Waals surface area contributed by atoms with E-state index in [0.29, 0.717) is 5.56 Å². The molecule has 0 radical (unpaired) electrons. The number of aromatic hydroxyl groups is 1. The minimum Gasteiger partial charge on any atom is -0.506 e. The summed E-state index contributed by atoms with van der Waals surface area (Å²) in [5, 5.41) is 19.1. The van der Waals surface area contributed by atoms with E-state index in [9.17, 15) is 9.90 Å². The number of allylic oxidation sites excluding steroid dienone is 1. The molecule has 0 saturated carbocycles. The Labute approximate surface area is 111 Å². The first-order valence-electron chi connectivity index (χ1n) is 5.92. The number of aromatic carboxylic acids is 1.